The second kappa shape index (κ2) is 11.8. The predicted molar refractivity (Wildman–Crippen MR) is 145 cm³/mol. The van der Waals surface area contributed by atoms with Crippen LogP contribution in [0.3, 0.4) is 0 Å². The molecule has 1 amide bonds. The quantitative estimate of drug-likeness (QED) is 0.398. The lowest BCUT2D eigenvalue weighted by Gasteiger charge is -2.28. The van der Waals surface area contributed by atoms with Gasteiger partial charge in [-0.3, -0.25) is 9.10 Å². The molecule has 2 atom stereocenters. The van der Waals surface area contributed by atoms with E-state index in [0.29, 0.717) is 23.5 Å². The predicted octanol–water partition coefficient (Wildman–Crippen LogP) is 2.95. The zero-order valence-electron chi connectivity index (χ0n) is 22.3. The summed E-state index contributed by atoms with van der Waals surface area (Å²) >= 11 is 0. The first-order valence-corrected chi connectivity index (χ1v) is 15.9. The van der Waals surface area contributed by atoms with Crippen LogP contribution in [0.4, 0.5) is 5.69 Å². The molecule has 0 radical (unpaired) electrons. The Balaban J connectivity index is 1.81. The summed E-state index contributed by atoms with van der Waals surface area (Å²) in [5, 5.41) is 13.9. The Bertz CT molecular complexity index is 1370. The zero-order valence-corrected chi connectivity index (χ0v) is 23.9. The minimum Gasteiger partial charge on any atom is -0.505 e. The molecule has 3 rings (SSSR count). The summed E-state index contributed by atoms with van der Waals surface area (Å²) in [6.07, 6.45) is 1.45. The maximum absolute atomic E-state index is 13.7. The van der Waals surface area contributed by atoms with E-state index in [-0.39, 0.29) is 59.7 Å². The largest absolute Gasteiger partial charge is 0.505 e. The summed E-state index contributed by atoms with van der Waals surface area (Å²) in [6, 6.07) is 9.38. The van der Waals surface area contributed by atoms with Crippen LogP contribution in [0.15, 0.2) is 41.3 Å². The number of phenolic OH excluding ortho intramolecular Hbond substituents is 1. The minimum atomic E-state index is -4.05. The molecular weight excluding hydrogens is 532 g/mol. The normalized spacial score (nSPS) is 14.8. The summed E-state index contributed by atoms with van der Waals surface area (Å²) in [5.74, 6) is -0.774. The van der Waals surface area contributed by atoms with Gasteiger partial charge in [0.25, 0.3) is 10.0 Å². The fraction of sp³-hybridized carbons (Fsp3) is 0.500. The molecule has 0 spiro atoms. The number of benzene rings is 2. The average Bonchev–Trinajstić information content (AvgIpc) is 3.29. The van der Waals surface area contributed by atoms with Crippen molar-refractivity contribution in [1.29, 1.82) is 0 Å². The fourth-order valence-corrected chi connectivity index (χ4v) is 6.90. The number of hydrogen-bond donors (Lipinski definition) is 2. The van der Waals surface area contributed by atoms with Crippen molar-refractivity contribution in [3.63, 3.8) is 0 Å². The number of carbonyl (C=O) groups is 1. The summed E-state index contributed by atoms with van der Waals surface area (Å²) in [6.45, 7) is 7.63. The Hall–Kier alpha value is -2.99. The smallest absolute Gasteiger partial charge is 0.264 e. The van der Waals surface area contributed by atoms with Crippen molar-refractivity contribution in [1.82, 2.24) is 5.32 Å². The van der Waals surface area contributed by atoms with Crippen LogP contribution in [0.25, 0.3) is 0 Å². The maximum Gasteiger partial charge on any atom is 0.264 e. The second-order valence-corrected chi connectivity index (χ2v) is 14.3. The van der Waals surface area contributed by atoms with E-state index in [9.17, 15) is 26.7 Å². The lowest BCUT2D eigenvalue weighted by Crippen LogP contribution is -2.36. The van der Waals surface area contributed by atoms with Crippen LogP contribution in [-0.2, 0) is 31.1 Å². The zero-order chi connectivity index (χ0) is 28.3. The lowest BCUT2D eigenvalue weighted by atomic mass is 9.99. The number of amides is 1. The van der Waals surface area contributed by atoms with Gasteiger partial charge in [-0.25, -0.2) is 16.8 Å². The SMILES string of the molecule is CC(C)CN(c1cccc(CC(C)CNC(=O)[C@@H](C)CS(C)(=O)=O)c1O)S(=O)(=O)c1ccc2c(c1)OCO2. The average molecular weight is 569 g/mol. The third-order valence-corrected chi connectivity index (χ3v) is 8.90. The third-order valence-electron chi connectivity index (χ3n) is 6.02. The summed E-state index contributed by atoms with van der Waals surface area (Å²) in [4.78, 5) is 12.3. The van der Waals surface area contributed by atoms with Gasteiger partial charge in [0.1, 0.15) is 15.6 Å². The van der Waals surface area contributed by atoms with E-state index in [1.165, 1.54) is 16.4 Å². The van der Waals surface area contributed by atoms with Crippen molar-refractivity contribution in [3.05, 3.63) is 42.0 Å². The molecule has 0 saturated carbocycles. The number of nitrogens with one attached hydrogen (secondary N) is 1. The number of para-hydroxylation sites is 1. The van der Waals surface area contributed by atoms with Gasteiger partial charge in [0.05, 0.1) is 16.3 Å². The Morgan fingerprint density at radius 1 is 1.05 bits per heavy atom. The molecule has 0 aliphatic carbocycles. The Morgan fingerprint density at radius 2 is 1.74 bits per heavy atom. The van der Waals surface area contributed by atoms with Crippen molar-refractivity contribution in [3.8, 4) is 17.2 Å². The van der Waals surface area contributed by atoms with Crippen LogP contribution < -0.4 is 19.1 Å². The maximum atomic E-state index is 13.7. The van der Waals surface area contributed by atoms with Crippen LogP contribution in [-0.4, -0.2) is 59.7 Å². The summed E-state index contributed by atoms with van der Waals surface area (Å²) in [7, 11) is -7.33. The topological polar surface area (TPSA) is 139 Å². The minimum absolute atomic E-state index is 0.0199. The van der Waals surface area contributed by atoms with Crippen LogP contribution in [0.1, 0.15) is 33.3 Å². The van der Waals surface area contributed by atoms with E-state index in [4.69, 9.17) is 9.47 Å². The van der Waals surface area contributed by atoms with Gasteiger partial charge in [-0.05, 0) is 42.0 Å². The van der Waals surface area contributed by atoms with Crippen molar-refractivity contribution in [2.75, 3.05) is 36.2 Å². The highest BCUT2D eigenvalue weighted by atomic mass is 32.2. The fourth-order valence-electron chi connectivity index (χ4n) is 4.19. The van der Waals surface area contributed by atoms with Crippen molar-refractivity contribution < 1.29 is 36.2 Å². The lowest BCUT2D eigenvalue weighted by molar-refractivity contribution is -0.124. The molecule has 0 fully saturated rings. The molecule has 12 heteroatoms. The van der Waals surface area contributed by atoms with Crippen LogP contribution >= 0.6 is 0 Å². The van der Waals surface area contributed by atoms with Crippen molar-refractivity contribution in [2.24, 2.45) is 17.8 Å². The van der Waals surface area contributed by atoms with E-state index >= 15 is 0 Å². The monoisotopic (exact) mass is 568 g/mol. The number of anilines is 1. The van der Waals surface area contributed by atoms with Gasteiger partial charge >= 0.3 is 0 Å². The first-order valence-electron chi connectivity index (χ1n) is 12.4. The highest BCUT2D eigenvalue weighted by molar-refractivity contribution is 7.92. The van der Waals surface area contributed by atoms with Crippen LogP contribution in [0.2, 0.25) is 0 Å². The number of ether oxygens (including phenoxy) is 2. The van der Waals surface area contributed by atoms with Gasteiger partial charge in [-0.1, -0.05) is 39.8 Å². The number of nitrogens with zero attached hydrogens (tertiary/aromatic N) is 1. The van der Waals surface area contributed by atoms with E-state index in [1.807, 2.05) is 20.8 Å². The summed E-state index contributed by atoms with van der Waals surface area (Å²) in [5.41, 5.74) is 0.690. The van der Waals surface area contributed by atoms with Crippen molar-refractivity contribution in [2.45, 2.75) is 39.0 Å². The standard InChI is InChI=1S/C26H36N2O8S2/c1-17(2)14-28(38(33,34)21-9-10-23-24(12-21)36-16-35-23)22-8-6-7-20(25(22)29)11-18(3)13-27-26(30)19(4)15-37(5,31)32/h6-10,12,17-19,29H,11,13-16H2,1-5H3,(H,27,30)/t18?,19-/m0/s1. The molecule has 10 nitrogen and oxygen atoms in total. The molecular formula is C26H36N2O8S2. The number of phenols is 1. The van der Waals surface area contributed by atoms with Crippen LogP contribution in [0, 0.1) is 17.8 Å². The molecule has 2 N–H and O–H groups in total. The number of aromatic hydroxyl groups is 1. The second-order valence-electron chi connectivity index (χ2n) is 10.3. The number of rotatable bonds is 12. The van der Waals surface area contributed by atoms with Crippen molar-refractivity contribution >= 4 is 31.5 Å². The first-order chi connectivity index (χ1) is 17.7. The molecule has 1 heterocycles. The molecule has 210 valence electrons. The van der Waals surface area contributed by atoms with E-state index < -0.39 is 25.8 Å². The molecule has 0 aromatic heterocycles. The number of sulfone groups is 1. The molecule has 0 saturated heterocycles. The van der Waals surface area contributed by atoms with Gasteiger partial charge < -0.3 is 19.9 Å². The third kappa shape index (κ3) is 7.31. The first kappa shape index (κ1) is 29.6. The van der Waals surface area contributed by atoms with Gasteiger partial charge in [0, 0.05) is 31.3 Å². The van der Waals surface area contributed by atoms with E-state index in [1.54, 1.807) is 31.2 Å². The highest BCUT2D eigenvalue weighted by Crippen LogP contribution is 2.39. The molecule has 2 aromatic rings. The number of sulfonamides is 1. The molecule has 1 unspecified atom stereocenters. The highest BCUT2D eigenvalue weighted by Gasteiger charge is 2.30. The van der Waals surface area contributed by atoms with Gasteiger partial charge in [-0.15, -0.1) is 0 Å². The molecule has 2 aromatic carbocycles. The van der Waals surface area contributed by atoms with Gasteiger partial charge in [0.15, 0.2) is 11.5 Å². The number of hydrogen-bond acceptors (Lipinski definition) is 8. The Labute approximate surface area is 224 Å². The Kier molecular flexibility index (Phi) is 9.19. The molecule has 0 bridgehead atoms. The molecule has 1 aliphatic heterocycles. The van der Waals surface area contributed by atoms with Gasteiger partial charge in [0.2, 0.25) is 12.7 Å². The summed E-state index contributed by atoms with van der Waals surface area (Å²) < 4.78 is 62.2. The number of fused-ring (bicyclic) bond motifs is 1. The van der Waals surface area contributed by atoms with Crippen LogP contribution in [0.5, 0.6) is 17.2 Å². The van der Waals surface area contributed by atoms with E-state index in [0.717, 1.165) is 6.26 Å². The molecule has 38 heavy (non-hydrogen) atoms. The molecule has 1 aliphatic rings. The Morgan fingerprint density at radius 3 is 2.39 bits per heavy atom. The number of carbonyl (C=O) groups excluding carboxylic acids is 1. The van der Waals surface area contributed by atoms with E-state index in [2.05, 4.69) is 5.32 Å². The van der Waals surface area contributed by atoms with Gasteiger partial charge in [-0.2, -0.15) is 0 Å².